The zero-order valence-corrected chi connectivity index (χ0v) is 11.4. The summed E-state index contributed by atoms with van der Waals surface area (Å²) in [5.74, 6) is 0.601. The SMILES string of the molecule is C[C@H](NC(=O)Nc1nc2ccccc2s1)c1ncn[nH]1. The minimum Gasteiger partial charge on any atom is -0.328 e. The maximum Gasteiger partial charge on any atom is 0.321 e. The number of rotatable bonds is 3. The molecule has 1 aromatic carbocycles. The number of aromatic nitrogens is 4. The lowest BCUT2D eigenvalue weighted by Gasteiger charge is -2.10. The molecule has 2 aromatic heterocycles. The third-order valence-corrected chi connectivity index (χ3v) is 3.66. The van der Waals surface area contributed by atoms with E-state index in [4.69, 9.17) is 0 Å². The van der Waals surface area contributed by atoms with Gasteiger partial charge >= 0.3 is 6.03 Å². The van der Waals surface area contributed by atoms with E-state index in [0.29, 0.717) is 11.0 Å². The number of H-pyrrole nitrogens is 1. The van der Waals surface area contributed by atoms with E-state index >= 15 is 0 Å². The van der Waals surface area contributed by atoms with Gasteiger partial charge in [0.1, 0.15) is 12.2 Å². The number of hydrogen-bond donors (Lipinski definition) is 3. The highest BCUT2D eigenvalue weighted by molar-refractivity contribution is 7.22. The van der Waals surface area contributed by atoms with Crippen LogP contribution in [0.4, 0.5) is 9.93 Å². The first kappa shape index (κ1) is 12.5. The van der Waals surface area contributed by atoms with Crippen LogP contribution in [0.2, 0.25) is 0 Å². The van der Waals surface area contributed by atoms with Crippen LogP contribution in [0.25, 0.3) is 10.2 Å². The smallest absolute Gasteiger partial charge is 0.321 e. The molecule has 0 aliphatic carbocycles. The molecule has 0 spiro atoms. The van der Waals surface area contributed by atoms with E-state index in [1.807, 2.05) is 31.2 Å². The van der Waals surface area contributed by atoms with Crippen molar-refractivity contribution >= 4 is 32.7 Å². The lowest BCUT2D eigenvalue weighted by atomic mass is 10.3. The van der Waals surface area contributed by atoms with Gasteiger partial charge in [-0.1, -0.05) is 23.5 Å². The molecule has 0 aliphatic rings. The first-order valence-corrected chi connectivity index (χ1v) is 6.82. The number of anilines is 1. The number of carbonyl (C=O) groups is 1. The van der Waals surface area contributed by atoms with E-state index in [2.05, 4.69) is 30.8 Å². The second kappa shape index (κ2) is 5.25. The number of fused-ring (bicyclic) bond motifs is 1. The number of para-hydroxylation sites is 1. The van der Waals surface area contributed by atoms with Crippen molar-refractivity contribution < 1.29 is 4.79 Å². The van der Waals surface area contributed by atoms with Crippen LogP contribution >= 0.6 is 11.3 Å². The topological polar surface area (TPSA) is 95.6 Å². The average Bonchev–Trinajstić information content (AvgIpc) is 3.07. The highest BCUT2D eigenvalue weighted by atomic mass is 32.1. The molecule has 3 N–H and O–H groups in total. The molecule has 1 atom stereocenters. The van der Waals surface area contributed by atoms with Gasteiger partial charge in [0, 0.05) is 0 Å². The molecule has 3 aromatic rings. The molecule has 102 valence electrons. The predicted octanol–water partition coefficient (Wildman–Crippen LogP) is 2.30. The van der Waals surface area contributed by atoms with Gasteiger partial charge in [0.25, 0.3) is 0 Å². The largest absolute Gasteiger partial charge is 0.328 e. The van der Waals surface area contributed by atoms with E-state index in [-0.39, 0.29) is 12.1 Å². The molecular weight excluding hydrogens is 276 g/mol. The summed E-state index contributed by atoms with van der Waals surface area (Å²) >= 11 is 1.43. The number of urea groups is 1. The molecule has 0 radical (unpaired) electrons. The summed E-state index contributed by atoms with van der Waals surface area (Å²) in [4.78, 5) is 20.2. The number of aromatic amines is 1. The number of nitrogens with one attached hydrogen (secondary N) is 3. The van der Waals surface area contributed by atoms with Gasteiger partial charge in [-0.15, -0.1) is 0 Å². The standard InChI is InChI=1S/C12H12N6OS/c1-7(10-13-6-14-18-10)15-11(19)17-12-16-8-4-2-3-5-9(8)20-12/h2-7H,1H3,(H,13,14,18)(H2,15,16,17,19)/t7-/m0/s1. The monoisotopic (exact) mass is 288 g/mol. The number of amides is 2. The molecule has 0 saturated carbocycles. The zero-order chi connectivity index (χ0) is 13.9. The molecule has 3 rings (SSSR count). The molecule has 0 unspecified atom stereocenters. The van der Waals surface area contributed by atoms with E-state index in [1.165, 1.54) is 17.7 Å². The minimum absolute atomic E-state index is 0.258. The third kappa shape index (κ3) is 2.59. The van der Waals surface area contributed by atoms with Crippen molar-refractivity contribution in [3.63, 3.8) is 0 Å². The fraction of sp³-hybridized carbons (Fsp3) is 0.167. The van der Waals surface area contributed by atoms with Crippen LogP contribution in [0.3, 0.4) is 0 Å². The summed E-state index contributed by atoms with van der Waals surface area (Å²) in [7, 11) is 0. The number of nitrogens with zero attached hydrogens (tertiary/aromatic N) is 3. The summed E-state index contributed by atoms with van der Waals surface area (Å²) in [6, 6.07) is 7.15. The van der Waals surface area contributed by atoms with Crippen LogP contribution in [0, 0.1) is 0 Å². The lowest BCUT2D eigenvalue weighted by Crippen LogP contribution is -2.31. The summed E-state index contributed by atoms with van der Waals surface area (Å²) in [5.41, 5.74) is 0.871. The molecule has 8 heteroatoms. The van der Waals surface area contributed by atoms with E-state index in [0.717, 1.165) is 10.2 Å². The summed E-state index contributed by atoms with van der Waals surface area (Å²) < 4.78 is 1.03. The van der Waals surface area contributed by atoms with Crippen molar-refractivity contribution in [2.45, 2.75) is 13.0 Å². The summed E-state index contributed by atoms with van der Waals surface area (Å²) in [6.45, 7) is 1.82. The van der Waals surface area contributed by atoms with Gasteiger partial charge in [0.2, 0.25) is 0 Å². The van der Waals surface area contributed by atoms with Crippen LogP contribution < -0.4 is 10.6 Å². The summed E-state index contributed by atoms with van der Waals surface area (Å²) in [5, 5.41) is 12.5. The normalized spacial score (nSPS) is 12.2. The first-order valence-electron chi connectivity index (χ1n) is 6.01. The minimum atomic E-state index is -0.326. The number of thiazole rings is 1. The summed E-state index contributed by atoms with van der Waals surface area (Å²) in [6.07, 6.45) is 1.40. The Hall–Kier alpha value is -2.48. The Morgan fingerprint density at radius 1 is 1.40 bits per heavy atom. The maximum absolute atomic E-state index is 11.9. The van der Waals surface area contributed by atoms with Crippen LogP contribution in [0.5, 0.6) is 0 Å². The van der Waals surface area contributed by atoms with Crippen molar-refractivity contribution in [2.24, 2.45) is 0 Å². The fourth-order valence-corrected chi connectivity index (χ4v) is 2.61. The molecular formula is C12H12N6OS. The zero-order valence-electron chi connectivity index (χ0n) is 10.6. The quantitative estimate of drug-likeness (QED) is 0.689. The maximum atomic E-state index is 11.9. The molecule has 0 bridgehead atoms. The van der Waals surface area contributed by atoms with Crippen molar-refractivity contribution in [2.75, 3.05) is 5.32 Å². The lowest BCUT2D eigenvalue weighted by molar-refractivity contribution is 0.249. The predicted molar refractivity (Wildman–Crippen MR) is 76.6 cm³/mol. The Kier molecular flexibility index (Phi) is 3.30. The number of benzene rings is 1. The molecule has 2 amide bonds. The van der Waals surface area contributed by atoms with Gasteiger partial charge in [-0.3, -0.25) is 10.4 Å². The van der Waals surface area contributed by atoms with Gasteiger partial charge < -0.3 is 5.32 Å². The molecule has 20 heavy (non-hydrogen) atoms. The van der Waals surface area contributed by atoms with Gasteiger partial charge in [-0.05, 0) is 19.1 Å². The van der Waals surface area contributed by atoms with E-state index < -0.39 is 0 Å². The molecule has 0 fully saturated rings. The Morgan fingerprint density at radius 2 is 2.25 bits per heavy atom. The van der Waals surface area contributed by atoms with Crippen molar-refractivity contribution in [1.29, 1.82) is 0 Å². The Morgan fingerprint density at radius 3 is 3.00 bits per heavy atom. The Labute approximate surface area is 118 Å². The van der Waals surface area contributed by atoms with Gasteiger partial charge in [-0.2, -0.15) is 5.10 Å². The van der Waals surface area contributed by atoms with Crippen LogP contribution in [-0.4, -0.2) is 26.2 Å². The van der Waals surface area contributed by atoms with Crippen molar-refractivity contribution in [3.8, 4) is 0 Å². The number of hydrogen-bond acceptors (Lipinski definition) is 5. The first-order chi connectivity index (χ1) is 9.72. The third-order valence-electron chi connectivity index (χ3n) is 2.71. The van der Waals surface area contributed by atoms with Gasteiger partial charge in [-0.25, -0.2) is 14.8 Å². The fourth-order valence-electron chi connectivity index (χ4n) is 1.75. The van der Waals surface area contributed by atoms with Crippen molar-refractivity contribution in [1.82, 2.24) is 25.5 Å². The molecule has 0 saturated heterocycles. The highest BCUT2D eigenvalue weighted by Crippen LogP contribution is 2.25. The molecule has 0 aliphatic heterocycles. The van der Waals surface area contributed by atoms with Gasteiger partial charge in [0.15, 0.2) is 5.13 Å². The van der Waals surface area contributed by atoms with Crippen LogP contribution in [0.1, 0.15) is 18.8 Å². The van der Waals surface area contributed by atoms with Crippen molar-refractivity contribution in [3.05, 3.63) is 36.4 Å². The van der Waals surface area contributed by atoms with E-state index in [9.17, 15) is 4.79 Å². The van der Waals surface area contributed by atoms with Gasteiger partial charge in [0.05, 0.1) is 16.3 Å². The second-order valence-electron chi connectivity index (χ2n) is 4.18. The molecule has 2 heterocycles. The second-order valence-corrected chi connectivity index (χ2v) is 5.21. The van der Waals surface area contributed by atoms with Crippen LogP contribution in [0.15, 0.2) is 30.6 Å². The molecule has 7 nitrogen and oxygen atoms in total. The van der Waals surface area contributed by atoms with E-state index in [1.54, 1.807) is 0 Å². The Balaban J connectivity index is 1.66. The highest BCUT2D eigenvalue weighted by Gasteiger charge is 2.13. The van der Waals surface area contributed by atoms with Crippen LogP contribution in [-0.2, 0) is 0 Å². The Bertz CT molecular complexity index is 689. The number of carbonyl (C=O) groups excluding carboxylic acids is 1. The average molecular weight is 288 g/mol.